The first-order chi connectivity index (χ1) is 33.3. The minimum Gasteiger partial charge on any atom is -0.310 e. The van der Waals surface area contributed by atoms with Crippen LogP contribution < -0.4 is 4.90 Å². The van der Waals surface area contributed by atoms with Crippen molar-refractivity contribution in [1.29, 1.82) is 0 Å². The van der Waals surface area contributed by atoms with Crippen molar-refractivity contribution < 1.29 is 0 Å². The molecule has 0 unspecified atom stereocenters. The summed E-state index contributed by atoms with van der Waals surface area (Å²) in [6.45, 7) is 0. The monoisotopic (exact) mass is 870 g/mol. The standard InChI is InChI=1S/C64H42N2S/c1-3-17-43(18-4-1)50-26-13-19-46-20-14-29-55(62(46)50)53-23-7-10-31-58(53)65(48-39-35-44(36-40-48)51-27-16-34-61-63(51)57-25-9-12-33-60(57)67-61)49-41-37-45(38-42-49)52-28-15-30-56-54-24-8-11-32-59(54)66(64(52)56)47-21-5-2-6-22-47/h1-42H. The summed E-state index contributed by atoms with van der Waals surface area (Å²) in [6, 6.07) is 93.2. The molecule has 2 heterocycles. The lowest BCUT2D eigenvalue weighted by Crippen LogP contribution is -2.11. The predicted molar refractivity (Wildman–Crippen MR) is 288 cm³/mol. The summed E-state index contributed by atoms with van der Waals surface area (Å²) in [7, 11) is 0. The molecule has 0 aliphatic rings. The Bertz CT molecular complexity index is 3950. The van der Waals surface area contributed by atoms with Crippen LogP contribution in [-0.2, 0) is 0 Å². The van der Waals surface area contributed by atoms with E-state index in [2.05, 4.69) is 264 Å². The molecule has 2 nitrogen and oxygen atoms in total. The van der Waals surface area contributed by atoms with Crippen molar-refractivity contribution in [2.24, 2.45) is 0 Å². The first kappa shape index (κ1) is 38.9. The molecule has 2 aromatic heterocycles. The topological polar surface area (TPSA) is 8.17 Å². The molecule has 0 aliphatic carbocycles. The van der Waals surface area contributed by atoms with Gasteiger partial charge in [0, 0.05) is 59.1 Å². The maximum atomic E-state index is 2.44. The highest BCUT2D eigenvalue weighted by Gasteiger charge is 2.22. The van der Waals surface area contributed by atoms with Crippen molar-refractivity contribution in [2.75, 3.05) is 4.90 Å². The highest BCUT2D eigenvalue weighted by molar-refractivity contribution is 7.25. The normalized spacial score (nSPS) is 11.6. The number of para-hydroxylation sites is 4. The van der Waals surface area contributed by atoms with E-state index < -0.39 is 0 Å². The Labute approximate surface area is 393 Å². The van der Waals surface area contributed by atoms with E-state index in [-0.39, 0.29) is 0 Å². The fourth-order valence-electron chi connectivity index (χ4n) is 10.4. The molecule has 0 fully saturated rings. The van der Waals surface area contributed by atoms with E-state index in [1.807, 2.05) is 11.3 Å². The maximum absolute atomic E-state index is 2.44. The molecule has 0 atom stereocenters. The van der Waals surface area contributed by atoms with Crippen LogP contribution in [0.5, 0.6) is 0 Å². The molecular weight excluding hydrogens is 829 g/mol. The minimum absolute atomic E-state index is 1.08. The van der Waals surface area contributed by atoms with Gasteiger partial charge >= 0.3 is 0 Å². The molecule has 11 aromatic carbocycles. The van der Waals surface area contributed by atoms with Crippen molar-refractivity contribution in [2.45, 2.75) is 0 Å². The Kier molecular flexibility index (Phi) is 9.40. The zero-order chi connectivity index (χ0) is 44.3. The van der Waals surface area contributed by atoms with E-state index in [0.29, 0.717) is 0 Å². The van der Waals surface area contributed by atoms with Crippen LogP contribution in [0.15, 0.2) is 255 Å². The molecule has 0 aliphatic heterocycles. The number of nitrogens with zero attached hydrogens (tertiary/aromatic N) is 2. The molecule has 0 amide bonds. The summed E-state index contributed by atoms with van der Waals surface area (Å²) in [4.78, 5) is 2.44. The van der Waals surface area contributed by atoms with Crippen LogP contribution in [0.3, 0.4) is 0 Å². The van der Waals surface area contributed by atoms with E-state index in [9.17, 15) is 0 Å². The van der Waals surface area contributed by atoms with Gasteiger partial charge in [0.2, 0.25) is 0 Å². The number of hydrogen-bond donors (Lipinski definition) is 0. The van der Waals surface area contributed by atoms with E-state index in [0.717, 1.165) is 33.9 Å². The van der Waals surface area contributed by atoms with Crippen LogP contribution in [0.1, 0.15) is 0 Å². The van der Waals surface area contributed by atoms with Crippen molar-refractivity contribution >= 4 is 81.1 Å². The van der Waals surface area contributed by atoms with Gasteiger partial charge < -0.3 is 9.47 Å². The molecule has 3 heteroatoms. The van der Waals surface area contributed by atoms with Gasteiger partial charge in [0.05, 0.1) is 16.7 Å². The van der Waals surface area contributed by atoms with Crippen molar-refractivity contribution in [3.05, 3.63) is 255 Å². The van der Waals surface area contributed by atoms with Gasteiger partial charge in [0.15, 0.2) is 0 Å². The highest BCUT2D eigenvalue weighted by atomic mass is 32.1. The van der Waals surface area contributed by atoms with Gasteiger partial charge in [0.25, 0.3) is 0 Å². The second-order valence-corrected chi connectivity index (χ2v) is 18.3. The third kappa shape index (κ3) is 6.55. The SMILES string of the molecule is c1ccc(-c2cccc3cccc(-c4ccccc4N(c4ccc(-c5cccc6sc7ccccc7c56)cc4)c4ccc(-c5cccc6c7ccccc7n(-c7ccccc7)c56)cc4)c23)cc1. The molecule has 0 bridgehead atoms. The maximum Gasteiger partial charge on any atom is 0.0619 e. The van der Waals surface area contributed by atoms with Crippen LogP contribution in [0, 0.1) is 0 Å². The van der Waals surface area contributed by atoms with E-state index in [4.69, 9.17) is 0 Å². The van der Waals surface area contributed by atoms with E-state index in [1.165, 1.54) is 86.1 Å². The average Bonchev–Trinajstić information content (AvgIpc) is 3.96. The average molecular weight is 871 g/mol. The molecule has 0 saturated carbocycles. The number of aromatic nitrogens is 1. The summed E-state index contributed by atoms with van der Waals surface area (Å²) in [5, 5.41) is 7.58. The first-order valence-corrected chi connectivity index (χ1v) is 23.7. The third-order valence-corrected chi connectivity index (χ3v) is 14.5. The van der Waals surface area contributed by atoms with Crippen molar-refractivity contribution in [1.82, 2.24) is 4.57 Å². The lowest BCUT2D eigenvalue weighted by Gasteiger charge is -2.29. The summed E-state index contributed by atoms with van der Waals surface area (Å²) in [6.07, 6.45) is 0. The number of hydrogen-bond acceptors (Lipinski definition) is 2. The van der Waals surface area contributed by atoms with Gasteiger partial charge in [-0.2, -0.15) is 0 Å². The van der Waals surface area contributed by atoms with Crippen LogP contribution >= 0.6 is 11.3 Å². The predicted octanol–water partition coefficient (Wildman–Crippen LogP) is 18.4. The van der Waals surface area contributed by atoms with Crippen LogP contribution in [0.2, 0.25) is 0 Å². The summed E-state index contributed by atoms with van der Waals surface area (Å²) in [5.41, 5.74) is 16.4. The Morgan fingerprint density at radius 2 is 0.821 bits per heavy atom. The summed E-state index contributed by atoms with van der Waals surface area (Å²) in [5.74, 6) is 0. The van der Waals surface area contributed by atoms with Gasteiger partial charge in [-0.1, -0.05) is 194 Å². The van der Waals surface area contributed by atoms with Crippen LogP contribution in [0.4, 0.5) is 17.1 Å². The fourth-order valence-corrected chi connectivity index (χ4v) is 11.6. The second kappa shape index (κ2) is 16.2. The third-order valence-electron chi connectivity index (χ3n) is 13.4. The molecule has 13 aromatic rings. The number of fused-ring (bicyclic) bond motifs is 7. The van der Waals surface area contributed by atoms with E-state index in [1.54, 1.807) is 0 Å². The van der Waals surface area contributed by atoms with Gasteiger partial charge in [-0.3, -0.25) is 0 Å². The lowest BCUT2D eigenvalue weighted by atomic mass is 9.90. The molecule has 314 valence electrons. The van der Waals surface area contributed by atoms with Crippen molar-refractivity contribution in [3.63, 3.8) is 0 Å². The van der Waals surface area contributed by atoms with Gasteiger partial charge in [-0.15, -0.1) is 11.3 Å². The van der Waals surface area contributed by atoms with Crippen LogP contribution in [0.25, 0.3) is 103 Å². The molecule has 0 spiro atoms. The smallest absolute Gasteiger partial charge is 0.0619 e. The van der Waals surface area contributed by atoms with Gasteiger partial charge in [0.1, 0.15) is 0 Å². The van der Waals surface area contributed by atoms with Crippen molar-refractivity contribution in [3.8, 4) is 50.2 Å². The Morgan fingerprint density at radius 3 is 1.58 bits per heavy atom. The van der Waals surface area contributed by atoms with E-state index >= 15 is 0 Å². The zero-order valence-electron chi connectivity index (χ0n) is 36.6. The second-order valence-electron chi connectivity index (χ2n) is 17.2. The molecule has 0 N–H and O–H groups in total. The largest absolute Gasteiger partial charge is 0.310 e. The first-order valence-electron chi connectivity index (χ1n) is 22.9. The highest BCUT2D eigenvalue weighted by Crippen LogP contribution is 2.47. The fraction of sp³-hybridized carbons (Fsp3) is 0. The van der Waals surface area contributed by atoms with Crippen LogP contribution in [-0.4, -0.2) is 4.57 Å². The minimum atomic E-state index is 1.08. The zero-order valence-corrected chi connectivity index (χ0v) is 37.4. The molecular formula is C64H42N2S. The Balaban J connectivity index is 0.996. The number of benzene rings is 11. The quantitative estimate of drug-likeness (QED) is 0.148. The summed E-state index contributed by atoms with van der Waals surface area (Å²) >= 11 is 1.86. The molecule has 0 radical (unpaired) electrons. The summed E-state index contributed by atoms with van der Waals surface area (Å²) < 4.78 is 5.04. The Morgan fingerprint density at radius 1 is 0.313 bits per heavy atom. The molecule has 13 rings (SSSR count). The van der Waals surface area contributed by atoms with Gasteiger partial charge in [-0.05, 0) is 105 Å². The lowest BCUT2D eigenvalue weighted by molar-refractivity contribution is 1.18. The Hall–Kier alpha value is -8.50. The molecule has 67 heavy (non-hydrogen) atoms. The number of anilines is 3. The van der Waals surface area contributed by atoms with Gasteiger partial charge in [-0.25, -0.2) is 0 Å². The number of rotatable bonds is 8. The number of thiophene rings is 1. The molecule has 0 saturated heterocycles.